The first-order valence-electron chi connectivity index (χ1n) is 4.79. The number of primary amides is 1. The maximum Gasteiger partial charge on any atom is 0.234 e. The van der Waals surface area contributed by atoms with Crippen LogP contribution in [0.15, 0.2) is 15.9 Å². The molecule has 0 spiro atoms. The Morgan fingerprint density at radius 2 is 2.60 bits per heavy atom. The van der Waals surface area contributed by atoms with Gasteiger partial charge in [0.25, 0.3) is 0 Å². The van der Waals surface area contributed by atoms with Crippen LogP contribution in [0.5, 0.6) is 0 Å². The number of carbonyl (C=O) groups is 1. The molecule has 0 fully saturated rings. The normalized spacial score (nSPS) is 12.6. The highest BCUT2D eigenvalue weighted by Gasteiger charge is 2.13. The zero-order valence-corrected chi connectivity index (χ0v) is 10.2. The van der Waals surface area contributed by atoms with Crippen molar-refractivity contribution in [1.29, 1.82) is 0 Å². The fraction of sp³-hybridized carbons (Fsp3) is 0.556. The van der Waals surface area contributed by atoms with Gasteiger partial charge in [-0.15, -0.1) is 11.3 Å². The highest BCUT2D eigenvalue weighted by molar-refractivity contribution is 8.00. The van der Waals surface area contributed by atoms with Crippen LogP contribution in [0, 0.1) is 0 Å². The zero-order chi connectivity index (χ0) is 11.1. The van der Waals surface area contributed by atoms with E-state index in [4.69, 9.17) is 5.73 Å². The number of thioether (sulfide) groups is 1. The van der Waals surface area contributed by atoms with E-state index in [9.17, 15) is 4.79 Å². The number of nitrogens with one attached hydrogen (secondary N) is 1. The Morgan fingerprint density at radius 3 is 3.13 bits per heavy atom. The number of amides is 1. The van der Waals surface area contributed by atoms with Gasteiger partial charge < -0.3 is 11.1 Å². The molecule has 0 bridgehead atoms. The fourth-order valence-electron chi connectivity index (χ4n) is 1.14. The minimum absolute atomic E-state index is 0.220. The second-order valence-corrected chi connectivity index (χ2v) is 5.18. The van der Waals surface area contributed by atoms with E-state index in [0.717, 1.165) is 23.1 Å². The molecule has 1 aromatic heterocycles. The predicted molar refractivity (Wildman–Crippen MR) is 64.1 cm³/mol. The topological polar surface area (TPSA) is 68.0 Å². The molecule has 1 rings (SSSR count). The number of thiazole rings is 1. The number of carbonyl (C=O) groups excluding carboxylic acids is 1. The molecule has 0 aliphatic rings. The molecule has 0 saturated heterocycles. The minimum atomic E-state index is -0.281. The quantitative estimate of drug-likeness (QED) is 0.706. The van der Waals surface area contributed by atoms with Crippen LogP contribution in [0.2, 0.25) is 0 Å². The van der Waals surface area contributed by atoms with E-state index in [1.807, 2.05) is 12.3 Å². The summed E-state index contributed by atoms with van der Waals surface area (Å²) in [6.07, 6.45) is 2.52. The number of nitrogens with two attached hydrogens (primary N) is 1. The van der Waals surface area contributed by atoms with Crippen LogP contribution in [-0.2, 0) is 4.79 Å². The summed E-state index contributed by atoms with van der Waals surface area (Å²) in [6, 6.07) is -0.220. The first-order valence-corrected chi connectivity index (χ1v) is 6.65. The first-order chi connectivity index (χ1) is 7.24. The van der Waals surface area contributed by atoms with E-state index in [0.29, 0.717) is 0 Å². The third-order valence-corrected chi connectivity index (χ3v) is 3.83. The average Bonchev–Trinajstić information content (AvgIpc) is 2.69. The van der Waals surface area contributed by atoms with Crippen molar-refractivity contribution < 1.29 is 4.79 Å². The second-order valence-electron chi connectivity index (χ2n) is 2.95. The molecule has 1 unspecified atom stereocenters. The Kier molecular flexibility index (Phi) is 5.67. The largest absolute Gasteiger partial charge is 0.368 e. The van der Waals surface area contributed by atoms with Crippen LogP contribution in [0.1, 0.15) is 13.3 Å². The molecule has 0 aromatic carbocycles. The smallest absolute Gasteiger partial charge is 0.234 e. The standard InChI is InChI=1S/C9H15N3OS2/c1-2-11-7(8(10)13)3-5-14-9-12-4-6-15-9/h4,6-7,11H,2-3,5H2,1H3,(H2,10,13). The number of likely N-dealkylation sites (N-methyl/N-ethyl adjacent to an activating group) is 1. The molecule has 1 aromatic rings. The summed E-state index contributed by atoms with van der Waals surface area (Å²) in [4.78, 5) is 15.2. The van der Waals surface area contributed by atoms with Gasteiger partial charge >= 0.3 is 0 Å². The van der Waals surface area contributed by atoms with Crippen molar-refractivity contribution in [3.63, 3.8) is 0 Å². The lowest BCUT2D eigenvalue weighted by atomic mass is 10.2. The summed E-state index contributed by atoms with van der Waals surface area (Å²) in [5.74, 6) is 0.574. The van der Waals surface area contributed by atoms with Crippen molar-refractivity contribution in [1.82, 2.24) is 10.3 Å². The van der Waals surface area contributed by atoms with Crippen molar-refractivity contribution in [2.75, 3.05) is 12.3 Å². The molecule has 4 nitrogen and oxygen atoms in total. The van der Waals surface area contributed by atoms with Crippen molar-refractivity contribution >= 4 is 29.0 Å². The lowest BCUT2D eigenvalue weighted by Crippen LogP contribution is -2.41. The van der Waals surface area contributed by atoms with Crippen LogP contribution in [0.3, 0.4) is 0 Å². The van der Waals surface area contributed by atoms with E-state index in [-0.39, 0.29) is 11.9 Å². The number of nitrogens with zero attached hydrogens (tertiary/aromatic N) is 1. The van der Waals surface area contributed by atoms with Gasteiger partial charge in [-0.3, -0.25) is 4.79 Å². The Labute approximate surface area is 97.7 Å². The van der Waals surface area contributed by atoms with E-state index in [1.54, 1.807) is 29.3 Å². The summed E-state index contributed by atoms with van der Waals surface area (Å²) in [5.41, 5.74) is 5.26. The Bertz CT molecular complexity index is 290. The summed E-state index contributed by atoms with van der Waals surface area (Å²) >= 11 is 3.27. The van der Waals surface area contributed by atoms with E-state index < -0.39 is 0 Å². The maximum absolute atomic E-state index is 11.0. The average molecular weight is 245 g/mol. The molecule has 15 heavy (non-hydrogen) atoms. The lowest BCUT2D eigenvalue weighted by molar-refractivity contribution is -0.120. The maximum atomic E-state index is 11.0. The molecule has 84 valence electrons. The van der Waals surface area contributed by atoms with Gasteiger partial charge in [-0.1, -0.05) is 18.7 Å². The second kappa shape index (κ2) is 6.81. The van der Waals surface area contributed by atoms with Crippen molar-refractivity contribution in [2.24, 2.45) is 5.73 Å². The molecule has 0 aliphatic carbocycles. The van der Waals surface area contributed by atoms with Crippen molar-refractivity contribution in [2.45, 2.75) is 23.7 Å². The molecular formula is C9H15N3OS2. The van der Waals surface area contributed by atoms with Gasteiger partial charge in [0.1, 0.15) is 4.34 Å². The van der Waals surface area contributed by atoms with Crippen LogP contribution in [-0.4, -0.2) is 29.2 Å². The zero-order valence-electron chi connectivity index (χ0n) is 8.60. The lowest BCUT2D eigenvalue weighted by Gasteiger charge is -2.12. The molecule has 0 aliphatic heterocycles. The molecule has 0 saturated carbocycles. The molecule has 3 N–H and O–H groups in total. The fourth-order valence-corrected chi connectivity index (χ4v) is 2.85. The number of aromatic nitrogens is 1. The predicted octanol–water partition coefficient (Wildman–Crippen LogP) is 1.09. The van der Waals surface area contributed by atoms with Gasteiger partial charge in [-0.2, -0.15) is 0 Å². The van der Waals surface area contributed by atoms with Gasteiger partial charge in [0.15, 0.2) is 0 Å². The third kappa shape index (κ3) is 4.63. The molecule has 0 radical (unpaired) electrons. The van der Waals surface area contributed by atoms with Crippen molar-refractivity contribution in [3.8, 4) is 0 Å². The number of rotatable bonds is 7. The van der Waals surface area contributed by atoms with Crippen molar-refractivity contribution in [3.05, 3.63) is 11.6 Å². The van der Waals surface area contributed by atoms with Gasteiger partial charge in [0.2, 0.25) is 5.91 Å². The molecule has 1 heterocycles. The molecule has 1 amide bonds. The van der Waals surface area contributed by atoms with Crippen LogP contribution < -0.4 is 11.1 Å². The highest BCUT2D eigenvalue weighted by Crippen LogP contribution is 2.21. The Morgan fingerprint density at radius 1 is 1.80 bits per heavy atom. The van der Waals surface area contributed by atoms with Gasteiger partial charge in [0.05, 0.1) is 6.04 Å². The molecule has 1 atom stereocenters. The monoisotopic (exact) mass is 245 g/mol. The van der Waals surface area contributed by atoms with Crippen LogP contribution in [0.25, 0.3) is 0 Å². The summed E-state index contributed by atoms with van der Waals surface area (Å²) in [7, 11) is 0. The number of hydrogen-bond donors (Lipinski definition) is 2. The van der Waals surface area contributed by atoms with E-state index in [1.165, 1.54) is 0 Å². The van der Waals surface area contributed by atoms with Crippen LogP contribution >= 0.6 is 23.1 Å². The van der Waals surface area contributed by atoms with E-state index >= 15 is 0 Å². The first kappa shape index (κ1) is 12.5. The molecular weight excluding hydrogens is 230 g/mol. The summed E-state index contributed by atoms with van der Waals surface area (Å²) in [6.45, 7) is 2.72. The summed E-state index contributed by atoms with van der Waals surface area (Å²) < 4.78 is 1.04. The Hall–Kier alpha value is -0.590. The molecule has 6 heteroatoms. The Balaban J connectivity index is 2.25. The van der Waals surface area contributed by atoms with Gasteiger partial charge in [0, 0.05) is 17.3 Å². The minimum Gasteiger partial charge on any atom is -0.368 e. The van der Waals surface area contributed by atoms with Gasteiger partial charge in [-0.25, -0.2) is 4.98 Å². The van der Waals surface area contributed by atoms with Crippen LogP contribution in [0.4, 0.5) is 0 Å². The van der Waals surface area contributed by atoms with E-state index in [2.05, 4.69) is 10.3 Å². The number of hydrogen-bond acceptors (Lipinski definition) is 5. The SMILES string of the molecule is CCNC(CCSc1nccs1)C(N)=O. The van der Waals surface area contributed by atoms with Gasteiger partial charge in [-0.05, 0) is 13.0 Å². The highest BCUT2D eigenvalue weighted by atomic mass is 32.2. The third-order valence-electron chi connectivity index (χ3n) is 1.84. The summed E-state index contributed by atoms with van der Waals surface area (Å²) in [5, 5.41) is 5.00.